The maximum absolute atomic E-state index is 11.8. The molecule has 2 aromatic heterocycles. The molecule has 0 bridgehead atoms. The molecule has 8 nitrogen and oxygen atoms in total. The summed E-state index contributed by atoms with van der Waals surface area (Å²) in [6.07, 6.45) is 0.397. The van der Waals surface area contributed by atoms with Gasteiger partial charge in [0, 0.05) is 29.5 Å². The Hall–Kier alpha value is -3.07. The zero-order valence-corrected chi connectivity index (χ0v) is 13.8. The second-order valence-electron chi connectivity index (χ2n) is 5.11. The van der Waals surface area contributed by atoms with Gasteiger partial charge in [-0.2, -0.15) is 16.3 Å². The molecule has 0 aliphatic rings. The van der Waals surface area contributed by atoms with Crippen LogP contribution in [-0.4, -0.2) is 21.0 Å². The standard InChI is InChI=1S/C16H13N3O5S/c20-15(23-9-11-1-3-13(4-2-11)19(21)22)6-5-14-17-16(18-24-14)12-7-8-25-10-12/h1-4,7-8,10H,5-6,9H2. The van der Waals surface area contributed by atoms with E-state index in [4.69, 9.17) is 9.26 Å². The summed E-state index contributed by atoms with van der Waals surface area (Å²) in [6.45, 7) is 0.0564. The highest BCUT2D eigenvalue weighted by atomic mass is 32.1. The van der Waals surface area contributed by atoms with E-state index < -0.39 is 10.9 Å². The molecule has 0 fully saturated rings. The zero-order valence-electron chi connectivity index (χ0n) is 13.0. The zero-order chi connectivity index (χ0) is 17.6. The number of hydrogen-bond donors (Lipinski definition) is 0. The molecular formula is C16H13N3O5S. The summed E-state index contributed by atoms with van der Waals surface area (Å²) >= 11 is 1.54. The van der Waals surface area contributed by atoms with Crippen molar-refractivity contribution in [2.24, 2.45) is 0 Å². The molecule has 2 heterocycles. The van der Waals surface area contributed by atoms with Crippen molar-refractivity contribution in [3.63, 3.8) is 0 Å². The minimum Gasteiger partial charge on any atom is -0.461 e. The topological polar surface area (TPSA) is 108 Å². The first-order valence-electron chi connectivity index (χ1n) is 7.36. The molecule has 9 heteroatoms. The van der Waals surface area contributed by atoms with Gasteiger partial charge in [0.1, 0.15) is 6.61 Å². The van der Waals surface area contributed by atoms with Crippen LogP contribution in [-0.2, 0) is 22.6 Å². The Morgan fingerprint density at radius 1 is 1.28 bits per heavy atom. The second kappa shape index (κ2) is 7.67. The lowest BCUT2D eigenvalue weighted by Gasteiger charge is -2.03. The predicted molar refractivity (Wildman–Crippen MR) is 88.8 cm³/mol. The fraction of sp³-hybridized carbons (Fsp3) is 0.188. The first-order chi connectivity index (χ1) is 12.1. The summed E-state index contributed by atoms with van der Waals surface area (Å²) in [6, 6.07) is 7.73. The van der Waals surface area contributed by atoms with Gasteiger partial charge in [-0.05, 0) is 29.1 Å². The van der Waals surface area contributed by atoms with Gasteiger partial charge >= 0.3 is 5.97 Å². The minimum absolute atomic E-state index is 0.00658. The van der Waals surface area contributed by atoms with Crippen LogP contribution in [0.2, 0.25) is 0 Å². The van der Waals surface area contributed by atoms with E-state index in [0.717, 1.165) is 5.56 Å². The number of carbonyl (C=O) groups is 1. The molecule has 1 aromatic carbocycles. The highest BCUT2D eigenvalue weighted by Crippen LogP contribution is 2.19. The molecule has 0 saturated heterocycles. The smallest absolute Gasteiger partial charge is 0.306 e. The molecule has 0 unspecified atom stereocenters. The summed E-state index contributed by atoms with van der Waals surface area (Å²) in [5.74, 6) is 0.456. The van der Waals surface area contributed by atoms with Crippen LogP contribution in [0.5, 0.6) is 0 Å². The maximum atomic E-state index is 11.8. The number of thiophene rings is 1. The number of esters is 1. The normalized spacial score (nSPS) is 10.6. The molecule has 0 spiro atoms. The van der Waals surface area contributed by atoms with Crippen molar-refractivity contribution in [3.05, 3.63) is 62.7 Å². The average Bonchev–Trinajstić information content (AvgIpc) is 3.29. The van der Waals surface area contributed by atoms with Gasteiger partial charge in [-0.25, -0.2) is 0 Å². The molecule has 128 valence electrons. The van der Waals surface area contributed by atoms with Crippen LogP contribution >= 0.6 is 11.3 Å². The molecule has 0 atom stereocenters. The van der Waals surface area contributed by atoms with Crippen molar-refractivity contribution in [1.82, 2.24) is 10.1 Å². The Labute approximate surface area is 146 Å². The Kier molecular flexibility index (Phi) is 5.14. The molecule has 0 N–H and O–H groups in total. The highest BCUT2D eigenvalue weighted by Gasteiger charge is 2.12. The number of nitro benzene ring substituents is 1. The summed E-state index contributed by atoms with van der Waals surface area (Å²) in [5.41, 5.74) is 1.55. The molecule has 0 radical (unpaired) electrons. The SMILES string of the molecule is O=C(CCc1nc(-c2ccsc2)no1)OCc1ccc([N+](=O)[O-])cc1. The van der Waals surface area contributed by atoms with Gasteiger partial charge in [0.15, 0.2) is 0 Å². The van der Waals surface area contributed by atoms with Crippen molar-refractivity contribution in [2.75, 3.05) is 0 Å². The molecule has 3 aromatic rings. The molecule has 0 amide bonds. The first-order valence-corrected chi connectivity index (χ1v) is 8.30. The largest absolute Gasteiger partial charge is 0.461 e. The van der Waals surface area contributed by atoms with Crippen LogP contribution in [0.4, 0.5) is 5.69 Å². The number of ether oxygens (including phenoxy) is 1. The van der Waals surface area contributed by atoms with Crippen molar-refractivity contribution in [3.8, 4) is 11.4 Å². The van der Waals surface area contributed by atoms with E-state index in [1.807, 2.05) is 16.8 Å². The number of rotatable bonds is 7. The number of aromatic nitrogens is 2. The quantitative estimate of drug-likeness (QED) is 0.361. The number of aryl methyl sites for hydroxylation is 1. The minimum atomic E-state index is -0.482. The lowest BCUT2D eigenvalue weighted by molar-refractivity contribution is -0.384. The van der Waals surface area contributed by atoms with E-state index in [2.05, 4.69) is 10.1 Å². The van der Waals surface area contributed by atoms with Crippen molar-refractivity contribution >= 4 is 23.0 Å². The Balaban J connectivity index is 1.46. The molecular weight excluding hydrogens is 346 g/mol. The summed E-state index contributed by atoms with van der Waals surface area (Å²) in [7, 11) is 0. The molecule has 0 saturated carbocycles. The van der Waals surface area contributed by atoms with E-state index in [0.29, 0.717) is 17.3 Å². The van der Waals surface area contributed by atoms with E-state index in [9.17, 15) is 14.9 Å². The van der Waals surface area contributed by atoms with Crippen LogP contribution in [0, 0.1) is 10.1 Å². The number of benzene rings is 1. The first kappa shape index (κ1) is 16.8. The number of hydrogen-bond acceptors (Lipinski definition) is 8. The van der Waals surface area contributed by atoms with Crippen molar-refractivity contribution in [1.29, 1.82) is 0 Å². The van der Waals surface area contributed by atoms with E-state index in [1.165, 1.54) is 23.5 Å². The van der Waals surface area contributed by atoms with Gasteiger partial charge in [-0.15, -0.1) is 0 Å². The van der Waals surface area contributed by atoms with E-state index in [1.54, 1.807) is 12.1 Å². The average molecular weight is 359 g/mol. The van der Waals surface area contributed by atoms with Crippen LogP contribution in [0.3, 0.4) is 0 Å². The van der Waals surface area contributed by atoms with Gasteiger partial charge < -0.3 is 9.26 Å². The Morgan fingerprint density at radius 2 is 2.08 bits per heavy atom. The number of nitro groups is 1. The van der Waals surface area contributed by atoms with Gasteiger partial charge in [-0.3, -0.25) is 14.9 Å². The Bertz CT molecular complexity index is 858. The Morgan fingerprint density at radius 3 is 2.76 bits per heavy atom. The van der Waals surface area contributed by atoms with Gasteiger partial charge in [0.25, 0.3) is 5.69 Å². The van der Waals surface area contributed by atoms with Gasteiger partial charge in [0.05, 0.1) is 11.3 Å². The summed E-state index contributed by atoms with van der Waals surface area (Å²) < 4.78 is 10.2. The maximum Gasteiger partial charge on any atom is 0.306 e. The fourth-order valence-electron chi connectivity index (χ4n) is 2.02. The molecule has 0 aliphatic carbocycles. The van der Waals surface area contributed by atoms with Crippen LogP contribution in [0.15, 0.2) is 45.6 Å². The lowest BCUT2D eigenvalue weighted by atomic mass is 10.2. The monoisotopic (exact) mass is 359 g/mol. The summed E-state index contributed by atoms with van der Waals surface area (Å²) in [4.78, 5) is 26.1. The molecule has 0 aliphatic heterocycles. The second-order valence-corrected chi connectivity index (χ2v) is 5.89. The predicted octanol–water partition coefficient (Wildman–Crippen LogP) is 3.38. The number of nitrogens with zero attached hydrogens (tertiary/aromatic N) is 3. The van der Waals surface area contributed by atoms with Gasteiger partial charge in [-0.1, -0.05) is 5.16 Å². The molecule has 3 rings (SSSR count). The van der Waals surface area contributed by atoms with Crippen LogP contribution in [0.25, 0.3) is 11.4 Å². The number of non-ortho nitro benzene ring substituents is 1. The van der Waals surface area contributed by atoms with E-state index >= 15 is 0 Å². The third-order valence-electron chi connectivity index (χ3n) is 3.34. The fourth-order valence-corrected chi connectivity index (χ4v) is 2.66. The van der Waals surface area contributed by atoms with Crippen molar-refractivity contribution < 1.29 is 19.0 Å². The van der Waals surface area contributed by atoms with Crippen molar-refractivity contribution in [2.45, 2.75) is 19.4 Å². The third-order valence-corrected chi connectivity index (χ3v) is 4.02. The van der Waals surface area contributed by atoms with E-state index in [-0.39, 0.29) is 25.1 Å². The lowest BCUT2D eigenvalue weighted by Crippen LogP contribution is -2.06. The van der Waals surface area contributed by atoms with Crippen LogP contribution < -0.4 is 0 Å². The van der Waals surface area contributed by atoms with Gasteiger partial charge in [0.2, 0.25) is 11.7 Å². The highest BCUT2D eigenvalue weighted by molar-refractivity contribution is 7.08. The third kappa shape index (κ3) is 4.48. The van der Waals surface area contributed by atoms with Crippen LogP contribution in [0.1, 0.15) is 17.9 Å². The number of carbonyl (C=O) groups excluding carboxylic acids is 1. The molecule has 25 heavy (non-hydrogen) atoms. The summed E-state index contributed by atoms with van der Waals surface area (Å²) in [5, 5.41) is 18.3.